The van der Waals surface area contributed by atoms with Gasteiger partial charge in [0, 0.05) is 22.0 Å². The molecule has 26 heavy (non-hydrogen) atoms. The van der Waals surface area contributed by atoms with E-state index in [1.165, 1.54) is 55.0 Å². The molecule has 0 radical (unpaired) electrons. The molecule has 5 aromatic rings. The van der Waals surface area contributed by atoms with Gasteiger partial charge in [-0.15, -0.1) is 0 Å². The van der Waals surface area contributed by atoms with Crippen LogP contribution in [-0.2, 0) is 0 Å². The van der Waals surface area contributed by atoms with Crippen molar-refractivity contribution in [3.8, 4) is 16.8 Å². The molecular weight excluding hydrogens is 313 g/mol. The number of aromatic nitrogens is 1. The van der Waals surface area contributed by atoms with E-state index in [-0.39, 0.29) is 0 Å². The van der Waals surface area contributed by atoms with E-state index in [4.69, 9.17) is 0 Å². The lowest BCUT2D eigenvalue weighted by Crippen LogP contribution is -2.53. The highest BCUT2D eigenvalue weighted by Gasteiger charge is 2.40. The Morgan fingerprint density at radius 2 is 1.35 bits per heavy atom. The van der Waals surface area contributed by atoms with Crippen molar-refractivity contribution in [2.24, 2.45) is 0 Å². The van der Waals surface area contributed by atoms with Crippen molar-refractivity contribution in [2.75, 3.05) is 0 Å². The highest BCUT2D eigenvalue weighted by atomic mass is 15.0. The third-order valence-corrected chi connectivity index (χ3v) is 6.22. The monoisotopic (exact) mass is 327 g/mol. The lowest BCUT2D eigenvalue weighted by atomic mass is 9.37. The van der Waals surface area contributed by atoms with E-state index in [1.807, 2.05) is 0 Å². The number of hydrogen-bond acceptors (Lipinski definition) is 0. The Labute approximate surface area is 151 Å². The molecule has 0 unspecified atom stereocenters. The molecule has 0 bridgehead atoms. The summed E-state index contributed by atoms with van der Waals surface area (Å²) in [5, 5.41) is 2.71. The zero-order valence-corrected chi connectivity index (χ0v) is 14.1. The summed E-state index contributed by atoms with van der Waals surface area (Å²) in [6.07, 6.45) is 0. The van der Waals surface area contributed by atoms with E-state index in [1.54, 1.807) is 0 Å². The Kier molecular flexibility index (Phi) is 2.14. The van der Waals surface area contributed by atoms with Gasteiger partial charge in [0.15, 0.2) is 0 Å². The van der Waals surface area contributed by atoms with Gasteiger partial charge >= 0.3 is 0 Å². The molecule has 1 aromatic heterocycles. The summed E-state index contributed by atoms with van der Waals surface area (Å²) in [4.78, 5) is 0. The molecule has 4 aromatic carbocycles. The fourth-order valence-corrected chi connectivity index (χ4v) is 5.27. The zero-order chi connectivity index (χ0) is 16.8. The van der Waals surface area contributed by atoms with Crippen molar-refractivity contribution >= 4 is 44.9 Å². The zero-order valence-electron chi connectivity index (χ0n) is 14.1. The lowest BCUT2D eigenvalue weighted by Gasteiger charge is -2.24. The Balaban J connectivity index is 1.82. The summed E-state index contributed by atoms with van der Waals surface area (Å²) in [5.41, 5.74) is 11.2. The summed E-state index contributed by atoms with van der Waals surface area (Å²) in [7, 11) is 0. The number of para-hydroxylation sites is 2. The van der Waals surface area contributed by atoms with E-state index in [2.05, 4.69) is 89.5 Å². The van der Waals surface area contributed by atoms with Crippen LogP contribution in [0.4, 0.5) is 0 Å². The van der Waals surface area contributed by atoms with Crippen LogP contribution in [0.25, 0.3) is 38.6 Å². The summed E-state index contributed by atoms with van der Waals surface area (Å²) in [5.74, 6) is 0. The number of hydrogen-bond donors (Lipinski definition) is 0. The third kappa shape index (κ3) is 1.30. The van der Waals surface area contributed by atoms with Gasteiger partial charge < -0.3 is 4.57 Å². The minimum Gasteiger partial charge on any atom is -0.310 e. The van der Waals surface area contributed by atoms with Crippen LogP contribution in [0, 0.1) is 0 Å². The first-order chi connectivity index (χ1) is 12.9. The van der Waals surface area contributed by atoms with E-state index >= 15 is 0 Å². The maximum atomic E-state index is 2.49. The molecule has 7 rings (SSSR count). The van der Waals surface area contributed by atoms with Crippen LogP contribution in [0.3, 0.4) is 0 Å². The fraction of sp³-hybridized carbons (Fsp3) is 0. The van der Waals surface area contributed by atoms with Crippen LogP contribution in [0.2, 0.25) is 0 Å². The summed E-state index contributed by atoms with van der Waals surface area (Å²) in [6.45, 7) is 0.345. The standard InChI is InChI=1S/C24H14BN/c1-3-9-19-15(7-1)17-13-14-18-16-8-2-5-11-21(16)26-22-12-6-4-10-20(22)25(19)23(17)24(18)26/h1-14H. The fourth-order valence-electron chi connectivity index (χ4n) is 5.27. The molecule has 0 saturated carbocycles. The Hall–Kier alpha value is -3.26. The van der Waals surface area contributed by atoms with Crippen molar-refractivity contribution in [1.82, 2.24) is 4.57 Å². The number of fused-ring (bicyclic) bond motifs is 9. The summed E-state index contributed by atoms with van der Waals surface area (Å²) in [6, 6.07) is 31.3. The molecule has 0 saturated heterocycles. The number of nitrogens with zero attached hydrogens (tertiary/aromatic N) is 1. The summed E-state index contributed by atoms with van der Waals surface area (Å²) >= 11 is 0. The van der Waals surface area contributed by atoms with Crippen LogP contribution in [0.1, 0.15) is 0 Å². The normalized spacial score (nSPS) is 13.3. The van der Waals surface area contributed by atoms with Crippen molar-refractivity contribution in [3.05, 3.63) is 84.9 Å². The van der Waals surface area contributed by atoms with E-state index in [0.29, 0.717) is 6.71 Å². The van der Waals surface area contributed by atoms with E-state index in [0.717, 1.165) is 0 Å². The summed E-state index contributed by atoms with van der Waals surface area (Å²) < 4.78 is 2.49. The quantitative estimate of drug-likeness (QED) is 0.375. The smallest absolute Gasteiger partial charge is 0.248 e. The molecule has 0 spiro atoms. The predicted molar refractivity (Wildman–Crippen MR) is 111 cm³/mol. The van der Waals surface area contributed by atoms with Crippen LogP contribution in [0.5, 0.6) is 0 Å². The molecule has 0 atom stereocenters. The van der Waals surface area contributed by atoms with Crippen molar-refractivity contribution in [2.45, 2.75) is 0 Å². The maximum Gasteiger partial charge on any atom is 0.248 e. The SMILES string of the molecule is c1ccc2c(c1)B1c3ccccc3-n3c4ccccc4c4ccc-2c1c43. The number of rotatable bonds is 0. The highest BCUT2D eigenvalue weighted by molar-refractivity contribution is 7.01. The first-order valence-electron chi connectivity index (χ1n) is 9.18. The second-order valence-corrected chi connectivity index (χ2v) is 7.35. The third-order valence-electron chi connectivity index (χ3n) is 6.22. The molecular formula is C24H14BN. The minimum atomic E-state index is 0.345. The second kappa shape index (κ2) is 4.28. The molecule has 0 amide bonds. The first kappa shape index (κ1) is 13.0. The van der Waals surface area contributed by atoms with Crippen LogP contribution in [-0.4, -0.2) is 11.3 Å². The maximum absolute atomic E-state index is 2.49. The molecule has 118 valence electrons. The van der Waals surface area contributed by atoms with Gasteiger partial charge in [0.25, 0.3) is 0 Å². The van der Waals surface area contributed by atoms with E-state index in [9.17, 15) is 0 Å². The lowest BCUT2D eigenvalue weighted by molar-refractivity contribution is 1.19. The second-order valence-electron chi connectivity index (χ2n) is 7.35. The van der Waals surface area contributed by atoms with Gasteiger partial charge in [0.05, 0.1) is 5.52 Å². The van der Waals surface area contributed by atoms with Crippen LogP contribution < -0.4 is 16.4 Å². The van der Waals surface area contributed by atoms with Gasteiger partial charge in [-0.05, 0) is 34.2 Å². The predicted octanol–water partition coefficient (Wildman–Crippen LogP) is 3.59. The van der Waals surface area contributed by atoms with E-state index < -0.39 is 0 Å². The molecule has 2 heteroatoms. The largest absolute Gasteiger partial charge is 0.310 e. The van der Waals surface area contributed by atoms with Gasteiger partial charge in [-0.2, -0.15) is 0 Å². The van der Waals surface area contributed by atoms with Gasteiger partial charge in [-0.1, -0.05) is 78.3 Å². The van der Waals surface area contributed by atoms with Gasteiger partial charge in [0.2, 0.25) is 6.71 Å². The highest BCUT2D eigenvalue weighted by Crippen LogP contribution is 2.37. The molecule has 0 N–H and O–H groups in total. The van der Waals surface area contributed by atoms with Crippen molar-refractivity contribution < 1.29 is 0 Å². The minimum absolute atomic E-state index is 0.345. The first-order valence-corrected chi connectivity index (χ1v) is 9.18. The molecule has 0 aliphatic carbocycles. The molecule has 3 heterocycles. The van der Waals surface area contributed by atoms with Crippen LogP contribution >= 0.6 is 0 Å². The molecule has 1 nitrogen and oxygen atoms in total. The van der Waals surface area contributed by atoms with Crippen molar-refractivity contribution in [3.63, 3.8) is 0 Å². The molecule has 2 aliphatic heterocycles. The average molecular weight is 327 g/mol. The van der Waals surface area contributed by atoms with Gasteiger partial charge in [0.1, 0.15) is 0 Å². The molecule has 2 aliphatic rings. The average Bonchev–Trinajstić information content (AvgIpc) is 3.22. The molecule has 0 fully saturated rings. The Morgan fingerprint density at radius 3 is 2.31 bits per heavy atom. The topological polar surface area (TPSA) is 4.93 Å². The van der Waals surface area contributed by atoms with Crippen molar-refractivity contribution in [1.29, 1.82) is 0 Å². The number of benzene rings is 4. The Bertz CT molecular complexity index is 1390. The van der Waals surface area contributed by atoms with Gasteiger partial charge in [-0.3, -0.25) is 0 Å². The van der Waals surface area contributed by atoms with Gasteiger partial charge in [-0.25, -0.2) is 0 Å². The Morgan fingerprint density at radius 1 is 0.577 bits per heavy atom. The van der Waals surface area contributed by atoms with Crippen LogP contribution in [0.15, 0.2) is 84.9 Å².